The van der Waals surface area contributed by atoms with Crippen LogP contribution in [-0.2, 0) is 6.42 Å². The molecule has 0 atom stereocenters. The van der Waals surface area contributed by atoms with E-state index in [4.69, 9.17) is 21.9 Å². The van der Waals surface area contributed by atoms with E-state index in [0.717, 1.165) is 10.1 Å². The van der Waals surface area contributed by atoms with E-state index in [1.807, 2.05) is 12.1 Å². The molecule has 0 aliphatic carbocycles. The van der Waals surface area contributed by atoms with E-state index in [1.54, 1.807) is 6.07 Å². The second kappa shape index (κ2) is 5.71. The molecule has 3 N–H and O–H groups in total. The molecule has 0 fully saturated rings. The number of hydrogen-bond donors (Lipinski definition) is 2. The lowest BCUT2D eigenvalue weighted by molar-refractivity contribution is 0.0958. The summed E-state index contributed by atoms with van der Waals surface area (Å²) in [5.41, 5.74) is 6.44. The summed E-state index contributed by atoms with van der Waals surface area (Å²) in [6.07, 6.45) is 1.79. The van der Waals surface area contributed by atoms with Gasteiger partial charge in [0.15, 0.2) is 6.33 Å². The number of halogens is 1. The molecule has 0 spiro atoms. The molecule has 2 aromatic heterocycles. The van der Waals surface area contributed by atoms with Gasteiger partial charge in [-0.2, -0.15) is 4.98 Å². The highest BCUT2D eigenvalue weighted by Crippen LogP contribution is 2.37. The number of anilines is 1. The zero-order valence-electron chi connectivity index (χ0n) is 10.8. The molecule has 3 aromatic rings. The SMILES string of the molecule is Nc1c(C(=O)NCCc2ncno2)sc2cccc(Cl)c12. The van der Waals surface area contributed by atoms with Crippen LogP contribution >= 0.6 is 22.9 Å². The van der Waals surface area contributed by atoms with E-state index in [2.05, 4.69) is 15.5 Å². The smallest absolute Gasteiger partial charge is 0.263 e. The maximum Gasteiger partial charge on any atom is 0.263 e. The van der Waals surface area contributed by atoms with Gasteiger partial charge in [0.05, 0.1) is 10.7 Å². The summed E-state index contributed by atoms with van der Waals surface area (Å²) in [4.78, 5) is 16.5. The molecular weight excluding hydrogens is 312 g/mol. The first kappa shape index (κ1) is 13.8. The molecule has 21 heavy (non-hydrogen) atoms. The first-order chi connectivity index (χ1) is 10.2. The summed E-state index contributed by atoms with van der Waals surface area (Å²) in [6, 6.07) is 5.47. The molecule has 0 unspecified atom stereocenters. The number of nitrogens with one attached hydrogen (secondary N) is 1. The summed E-state index contributed by atoms with van der Waals surface area (Å²) in [6.45, 7) is 0.391. The van der Waals surface area contributed by atoms with Crippen LogP contribution in [0.1, 0.15) is 15.6 Å². The number of rotatable bonds is 4. The molecule has 3 rings (SSSR count). The van der Waals surface area contributed by atoms with Gasteiger partial charge in [0.25, 0.3) is 5.91 Å². The number of hydrogen-bond acceptors (Lipinski definition) is 6. The maximum absolute atomic E-state index is 12.2. The van der Waals surface area contributed by atoms with Crippen molar-refractivity contribution in [1.29, 1.82) is 0 Å². The van der Waals surface area contributed by atoms with E-state index in [-0.39, 0.29) is 5.91 Å². The Bertz CT molecular complexity index is 785. The first-order valence-electron chi connectivity index (χ1n) is 6.17. The molecule has 1 amide bonds. The number of aromatic nitrogens is 2. The van der Waals surface area contributed by atoms with Crippen molar-refractivity contribution in [1.82, 2.24) is 15.5 Å². The topological polar surface area (TPSA) is 94.0 Å². The van der Waals surface area contributed by atoms with Gasteiger partial charge in [0, 0.05) is 23.1 Å². The predicted molar refractivity (Wildman–Crippen MR) is 81.6 cm³/mol. The molecule has 0 saturated heterocycles. The molecule has 0 radical (unpaired) electrons. The van der Waals surface area contributed by atoms with E-state index in [0.29, 0.717) is 34.4 Å². The van der Waals surface area contributed by atoms with Crippen LogP contribution in [-0.4, -0.2) is 22.6 Å². The molecule has 2 heterocycles. The third-order valence-electron chi connectivity index (χ3n) is 2.94. The zero-order chi connectivity index (χ0) is 14.8. The minimum absolute atomic E-state index is 0.232. The third-order valence-corrected chi connectivity index (χ3v) is 4.42. The van der Waals surface area contributed by atoms with Crippen LogP contribution in [0.25, 0.3) is 10.1 Å². The second-order valence-electron chi connectivity index (χ2n) is 4.30. The Balaban J connectivity index is 1.75. The lowest BCUT2D eigenvalue weighted by Gasteiger charge is -2.02. The Morgan fingerprint density at radius 2 is 2.33 bits per heavy atom. The van der Waals surface area contributed by atoms with Gasteiger partial charge < -0.3 is 15.6 Å². The summed E-state index contributed by atoms with van der Waals surface area (Å²) in [5, 5.41) is 7.55. The van der Waals surface area contributed by atoms with Crippen LogP contribution in [0.3, 0.4) is 0 Å². The maximum atomic E-state index is 12.2. The molecule has 0 bridgehead atoms. The van der Waals surface area contributed by atoms with Gasteiger partial charge >= 0.3 is 0 Å². The number of fused-ring (bicyclic) bond motifs is 1. The minimum atomic E-state index is -0.232. The van der Waals surface area contributed by atoms with Crippen molar-refractivity contribution < 1.29 is 9.32 Å². The van der Waals surface area contributed by atoms with Crippen LogP contribution in [0.5, 0.6) is 0 Å². The minimum Gasteiger partial charge on any atom is -0.397 e. The Hall–Kier alpha value is -2.12. The first-order valence-corrected chi connectivity index (χ1v) is 7.36. The Labute approximate surface area is 128 Å². The average molecular weight is 323 g/mol. The molecule has 8 heteroatoms. The fourth-order valence-corrected chi connectivity index (χ4v) is 3.37. The highest BCUT2D eigenvalue weighted by Gasteiger charge is 2.17. The van der Waals surface area contributed by atoms with Gasteiger partial charge in [-0.3, -0.25) is 4.79 Å². The van der Waals surface area contributed by atoms with Gasteiger partial charge in [-0.15, -0.1) is 11.3 Å². The fourth-order valence-electron chi connectivity index (χ4n) is 1.97. The number of nitrogen functional groups attached to an aromatic ring is 1. The van der Waals surface area contributed by atoms with Gasteiger partial charge in [-0.05, 0) is 12.1 Å². The molecular formula is C13H11ClN4O2S. The van der Waals surface area contributed by atoms with Crippen molar-refractivity contribution in [2.45, 2.75) is 6.42 Å². The molecule has 108 valence electrons. The number of benzene rings is 1. The van der Waals surface area contributed by atoms with Crippen LogP contribution in [0.4, 0.5) is 5.69 Å². The monoisotopic (exact) mass is 322 g/mol. The van der Waals surface area contributed by atoms with Gasteiger partial charge in [0.2, 0.25) is 5.89 Å². The summed E-state index contributed by atoms with van der Waals surface area (Å²) in [7, 11) is 0. The third kappa shape index (κ3) is 2.70. The van der Waals surface area contributed by atoms with Gasteiger partial charge in [-0.25, -0.2) is 0 Å². The van der Waals surface area contributed by atoms with E-state index < -0.39 is 0 Å². The summed E-state index contributed by atoms with van der Waals surface area (Å²) in [5.74, 6) is 0.243. The van der Waals surface area contributed by atoms with Gasteiger partial charge in [-0.1, -0.05) is 22.8 Å². The summed E-state index contributed by atoms with van der Waals surface area (Å²) >= 11 is 7.44. The number of nitrogens with zero attached hydrogens (tertiary/aromatic N) is 2. The van der Waals surface area contributed by atoms with Crippen LogP contribution < -0.4 is 11.1 Å². The van der Waals surface area contributed by atoms with Crippen LogP contribution in [0, 0.1) is 0 Å². The standard InChI is InChI=1S/C13H11ClN4O2S/c14-7-2-1-3-8-10(7)11(15)12(21-8)13(19)16-5-4-9-17-6-18-20-9/h1-3,6H,4-5,15H2,(H,16,19). The van der Waals surface area contributed by atoms with E-state index in [1.165, 1.54) is 17.7 Å². The summed E-state index contributed by atoms with van der Waals surface area (Å²) < 4.78 is 5.75. The van der Waals surface area contributed by atoms with Crippen molar-refractivity contribution in [3.05, 3.63) is 40.3 Å². The Morgan fingerprint density at radius 1 is 1.48 bits per heavy atom. The molecule has 0 aliphatic rings. The van der Waals surface area contributed by atoms with Gasteiger partial charge in [0.1, 0.15) is 4.88 Å². The highest BCUT2D eigenvalue weighted by molar-refractivity contribution is 7.21. The molecule has 6 nitrogen and oxygen atoms in total. The zero-order valence-corrected chi connectivity index (χ0v) is 12.4. The highest BCUT2D eigenvalue weighted by atomic mass is 35.5. The van der Waals surface area contributed by atoms with Crippen molar-refractivity contribution >= 4 is 44.6 Å². The number of carbonyl (C=O) groups is 1. The largest absolute Gasteiger partial charge is 0.397 e. The van der Waals surface area contributed by atoms with Crippen LogP contribution in [0.2, 0.25) is 5.02 Å². The van der Waals surface area contributed by atoms with Crippen molar-refractivity contribution in [2.24, 2.45) is 0 Å². The molecule has 0 saturated carbocycles. The average Bonchev–Trinajstić information content (AvgIpc) is 3.08. The number of nitrogens with two attached hydrogens (primary N) is 1. The molecule has 0 aliphatic heterocycles. The normalized spacial score (nSPS) is 10.9. The van der Waals surface area contributed by atoms with E-state index in [9.17, 15) is 4.79 Å². The number of thiophene rings is 1. The predicted octanol–water partition coefficient (Wildman–Crippen LogP) is 2.49. The van der Waals surface area contributed by atoms with Crippen LogP contribution in [0.15, 0.2) is 29.0 Å². The van der Waals surface area contributed by atoms with Crippen molar-refractivity contribution in [3.8, 4) is 0 Å². The lowest BCUT2D eigenvalue weighted by atomic mass is 10.2. The van der Waals surface area contributed by atoms with Crippen molar-refractivity contribution in [3.63, 3.8) is 0 Å². The quantitative estimate of drug-likeness (QED) is 0.769. The number of carbonyl (C=O) groups excluding carboxylic acids is 1. The Morgan fingerprint density at radius 3 is 3.05 bits per heavy atom. The number of amides is 1. The van der Waals surface area contributed by atoms with Crippen molar-refractivity contribution in [2.75, 3.05) is 12.3 Å². The lowest BCUT2D eigenvalue weighted by Crippen LogP contribution is -2.25. The Kier molecular flexibility index (Phi) is 3.76. The molecule has 1 aromatic carbocycles. The van der Waals surface area contributed by atoms with E-state index >= 15 is 0 Å². The fraction of sp³-hybridized carbons (Fsp3) is 0.154. The second-order valence-corrected chi connectivity index (χ2v) is 5.76.